The number of aromatic nitrogens is 4. The van der Waals surface area contributed by atoms with E-state index in [2.05, 4.69) is 20.0 Å². The van der Waals surface area contributed by atoms with Gasteiger partial charge in [0.1, 0.15) is 10.6 Å². The van der Waals surface area contributed by atoms with Gasteiger partial charge in [-0.3, -0.25) is 4.72 Å². The lowest BCUT2D eigenvalue weighted by Gasteiger charge is -2.13. The summed E-state index contributed by atoms with van der Waals surface area (Å²) >= 11 is 0. The zero-order valence-corrected chi connectivity index (χ0v) is 16.7. The number of fused-ring (bicyclic) bond motifs is 1. The first-order valence-electron chi connectivity index (χ1n) is 9.02. The number of anilines is 1. The number of hydrogen-bond donors (Lipinski definition) is 1. The highest BCUT2D eigenvalue weighted by molar-refractivity contribution is 7.92. The Labute approximate surface area is 168 Å². The monoisotopic (exact) mass is 409 g/mol. The number of rotatable bonds is 6. The molecule has 0 bridgehead atoms. The zero-order valence-electron chi connectivity index (χ0n) is 15.9. The number of para-hydroxylation sites is 1. The van der Waals surface area contributed by atoms with Crippen molar-refractivity contribution in [3.8, 4) is 17.0 Å². The molecular weight excluding hydrogens is 390 g/mol. The van der Waals surface area contributed by atoms with E-state index in [9.17, 15) is 8.42 Å². The van der Waals surface area contributed by atoms with Gasteiger partial charge in [0.2, 0.25) is 0 Å². The average Bonchev–Trinajstić information content (AvgIpc) is 3.09. The van der Waals surface area contributed by atoms with Gasteiger partial charge in [-0.2, -0.15) is 9.61 Å². The van der Waals surface area contributed by atoms with Crippen LogP contribution in [0.2, 0.25) is 0 Å². The third kappa shape index (κ3) is 3.77. The van der Waals surface area contributed by atoms with Gasteiger partial charge in [-0.05, 0) is 50.2 Å². The van der Waals surface area contributed by atoms with Crippen LogP contribution in [-0.2, 0) is 10.0 Å². The van der Waals surface area contributed by atoms with Crippen LogP contribution in [0.1, 0.15) is 12.7 Å². The molecule has 0 aliphatic carbocycles. The molecule has 1 N–H and O–H groups in total. The number of sulfonamides is 1. The van der Waals surface area contributed by atoms with Crippen LogP contribution < -0.4 is 9.46 Å². The third-order valence-electron chi connectivity index (χ3n) is 4.27. The minimum absolute atomic E-state index is 0.0897. The number of hydrogen-bond acceptors (Lipinski definition) is 6. The van der Waals surface area contributed by atoms with Crippen molar-refractivity contribution in [2.45, 2.75) is 18.7 Å². The summed E-state index contributed by atoms with van der Waals surface area (Å²) in [5.74, 6) is 0.986. The largest absolute Gasteiger partial charge is 0.492 e. The SMILES string of the molecule is CCOc1ccccc1S(=O)(=O)Nc1cccc(-c2ccc3nnc(C)n3n2)c1. The molecular formula is C20H19N5O3S. The highest BCUT2D eigenvalue weighted by Gasteiger charge is 2.19. The van der Waals surface area contributed by atoms with Crippen molar-refractivity contribution in [2.75, 3.05) is 11.3 Å². The second kappa shape index (κ2) is 7.51. The summed E-state index contributed by atoms with van der Waals surface area (Å²) in [6, 6.07) is 17.2. The highest BCUT2D eigenvalue weighted by Crippen LogP contribution is 2.27. The van der Waals surface area contributed by atoms with Crippen molar-refractivity contribution < 1.29 is 13.2 Å². The molecule has 9 heteroatoms. The van der Waals surface area contributed by atoms with Gasteiger partial charge in [-0.25, -0.2) is 8.42 Å². The van der Waals surface area contributed by atoms with E-state index in [1.807, 2.05) is 32.0 Å². The van der Waals surface area contributed by atoms with Crippen LogP contribution in [0.5, 0.6) is 5.75 Å². The topological polar surface area (TPSA) is 98.5 Å². The van der Waals surface area contributed by atoms with Crippen LogP contribution in [0.15, 0.2) is 65.6 Å². The molecule has 0 unspecified atom stereocenters. The standard InChI is InChI=1S/C20H19N5O3S/c1-3-28-18-9-4-5-10-19(18)29(26,27)24-16-8-6-7-15(13-16)17-11-12-20-22-21-14(2)25(20)23-17/h4-13,24H,3H2,1-2H3. The Balaban J connectivity index is 1.67. The predicted molar refractivity (Wildman–Crippen MR) is 109 cm³/mol. The normalized spacial score (nSPS) is 11.5. The Bertz CT molecular complexity index is 1280. The van der Waals surface area contributed by atoms with E-state index in [-0.39, 0.29) is 4.90 Å². The van der Waals surface area contributed by atoms with E-state index < -0.39 is 10.0 Å². The third-order valence-corrected chi connectivity index (χ3v) is 5.69. The van der Waals surface area contributed by atoms with Crippen molar-refractivity contribution in [2.24, 2.45) is 0 Å². The fourth-order valence-corrected chi connectivity index (χ4v) is 4.15. The summed E-state index contributed by atoms with van der Waals surface area (Å²) < 4.78 is 35.5. The molecule has 0 spiro atoms. The Hall–Kier alpha value is -3.46. The van der Waals surface area contributed by atoms with Crippen molar-refractivity contribution >= 4 is 21.4 Å². The average molecular weight is 409 g/mol. The van der Waals surface area contributed by atoms with E-state index in [0.29, 0.717) is 35.2 Å². The summed E-state index contributed by atoms with van der Waals surface area (Å²) in [5.41, 5.74) is 2.52. The first-order valence-corrected chi connectivity index (χ1v) is 10.5. The molecule has 0 saturated heterocycles. The van der Waals surface area contributed by atoms with E-state index in [1.165, 1.54) is 6.07 Å². The molecule has 4 aromatic rings. The Morgan fingerprint density at radius 3 is 2.69 bits per heavy atom. The quantitative estimate of drug-likeness (QED) is 0.525. The van der Waals surface area contributed by atoms with Crippen molar-refractivity contribution in [1.29, 1.82) is 0 Å². The van der Waals surface area contributed by atoms with Gasteiger partial charge in [-0.15, -0.1) is 10.2 Å². The van der Waals surface area contributed by atoms with Gasteiger partial charge >= 0.3 is 0 Å². The van der Waals surface area contributed by atoms with Crippen LogP contribution >= 0.6 is 0 Å². The van der Waals surface area contributed by atoms with Crippen LogP contribution in [-0.4, -0.2) is 34.8 Å². The Kier molecular flexibility index (Phi) is 4.89. The summed E-state index contributed by atoms with van der Waals surface area (Å²) in [4.78, 5) is 0.0897. The van der Waals surface area contributed by atoms with Crippen molar-refractivity contribution in [3.63, 3.8) is 0 Å². The van der Waals surface area contributed by atoms with E-state index >= 15 is 0 Å². The van der Waals surface area contributed by atoms with Gasteiger partial charge in [-0.1, -0.05) is 24.3 Å². The minimum atomic E-state index is -3.82. The number of nitrogens with zero attached hydrogens (tertiary/aromatic N) is 4. The number of nitrogens with one attached hydrogen (secondary N) is 1. The Morgan fingerprint density at radius 1 is 1.03 bits per heavy atom. The van der Waals surface area contributed by atoms with E-state index in [4.69, 9.17) is 4.74 Å². The lowest BCUT2D eigenvalue weighted by Crippen LogP contribution is -2.14. The van der Waals surface area contributed by atoms with Crippen LogP contribution in [0.4, 0.5) is 5.69 Å². The molecule has 0 aliphatic rings. The first-order chi connectivity index (χ1) is 14.0. The smallest absolute Gasteiger partial charge is 0.265 e. The summed E-state index contributed by atoms with van der Waals surface area (Å²) in [7, 11) is -3.82. The van der Waals surface area contributed by atoms with Crippen LogP contribution in [0.3, 0.4) is 0 Å². The van der Waals surface area contributed by atoms with Crippen molar-refractivity contribution in [3.05, 3.63) is 66.5 Å². The van der Waals surface area contributed by atoms with Gasteiger partial charge < -0.3 is 4.74 Å². The molecule has 0 fully saturated rings. The lowest BCUT2D eigenvalue weighted by molar-refractivity contribution is 0.331. The molecule has 0 saturated carbocycles. The molecule has 8 nitrogen and oxygen atoms in total. The zero-order chi connectivity index (χ0) is 20.4. The van der Waals surface area contributed by atoms with E-state index in [1.54, 1.807) is 40.9 Å². The molecule has 0 radical (unpaired) electrons. The summed E-state index contributed by atoms with van der Waals surface area (Å²) in [5, 5.41) is 12.6. The van der Waals surface area contributed by atoms with Gasteiger partial charge in [0.05, 0.1) is 12.3 Å². The molecule has 0 aliphatic heterocycles. The molecule has 0 amide bonds. The number of aryl methyl sites for hydroxylation is 1. The predicted octanol–water partition coefficient (Wildman–Crippen LogP) is 3.30. The van der Waals surface area contributed by atoms with Gasteiger partial charge in [0, 0.05) is 11.3 Å². The van der Waals surface area contributed by atoms with E-state index in [0.717, 1.165) is 5.56 Å². The molecule has 29 heavy (non-hydrogen) atoms. The number of ether oxygens (including phenoxy) is 1. The minimum Gasteiger partial charge on any atom is -0.492 e. The Morgan fingerprint density at radius 2 is 1.86 bits per heavy atom. The maximum atomic E-state index is 12.9. The van der Waals surface area contributed by atoms with Crippen LogP contribution in [0, 0.1) is 6.92 Å². The summed E-state index contributed by atoms with van der Waals surface area (Å²) in [6.45, 7) is 4.00. The molecule has 2 aromatic carbocycles. The second-order valence-electron chi connectivity index (χ2n) is 6.30. The maximum Gasteiger partial charge on any atom is 0.265 e. The van der Waals surface area contributed by atoms with Gasteiger partial charge in [0.15, 0.2) is 11.5 Å². The molecule has 0 atom stereocenters. The highest BCUT2D eigenvalue weighted by atomic mass is 32.2. The maximum absolute atomic E-state index is 12.9. The summed E-state index contributed by atoms with van der Waals surface area (Å²) in [6.07, 6.45) is 0. The molecule has 2 heterocycles. The fourth-order valence-electron chi connectivity index (χ4n) is 2.95. The fraction of sp³-hybridized carbons (Fsp3) is 0.150. The molecule has 148 valence electrons. The first kappa shape index (κ1) is 18.9. The lowest BCUT2D eigenvalue weighted by atomic mass is 10.1. The molecule has 2 aromatic heterocycles. The van der Waals surface area contributed by atoms with Gasteiger partial charge in [0.25, 0.3) is 10.0 Å². The number of benzene rings is 2. The second-order valence-corrected chi connectivity index (χ2v) is 7.95. The van der Waals surface area contributed by atoms with Crippen LogP contribution in [0.25, 0.3) is 16.9 Å². The molecule has 4 rings (SSSR count). The van der Waals surface area contributed by atoms with Crippen molar-refractivity contribution in [1.82, 2.24) is 19.8 Å².